The highest BCUT2D eigenvalue weighted by atomic mass is 16.4. The van der Waals surface area contributed by atoms with E-state index in [2.05, 4.69) is 10.6 Å². The van der Waals surface area contributed by atoms with Crippen molar-refractivity contribution in [3.8, 4) is 0 Å². The number of hydrogen-bond acceptors (Lipinski definition) is 14. The van der Waals surface area contributed by atoms with Crippen molar-refractivity contribution in [2.75, 3.05) is 0 Å². The number of benzene rings is 1. The number of carboxylic acids is 7. The molecule has 0 aromatic heterocycles. The molecular weight excluding hydrogens is 1160 g/mol. The van der Waals surface area contributed by atoms with Crippen LogP contribution in [0.2, 0.25) is 0 Å². The SMILES string of the molecule is C/C=C/C=C/C(=O)CC(C)C(=O)O.CC(CC(=O)C1CCCCC1)C(=O)O.CC(CC(=O)CCCCCCCCC(=O)NC(C)C(=O)O)C(=O)O.CC(CC(=O)CCCCCCCCC(=O)NC(C)C(=O)O)C(=O)O.CC(CC(=O)c1ccccc1)C(=O)O. The van der Waals surface area contributed by atoms with E-state index in [-0.39, 0.29) is 78.8 Å². The summed E-state index contributed by atoms with van der Waals surface area (Å²) in [7, 11) is 0. The van der Waals surface area contributed by atoms with Crippen LogP contribution in [0.15, 0.2) is 54.6 Å². The molecule has 1 aromatic rings. The number of unbranched alkanes of at least 4 members (excludes halogenated alkanes) is 10. The summed E-state index contributed by atoms with van der Waals surface area (Å²) in [4.78, 5) is 154. The first-order valence-corrected chi connectivity index (χ1v) is 30.9. The number of carbonyl (C=O) groups is 14. The number of nitrogens with one attached hydrogen (secondary N) is 2. The Morgan fingerprint density at radius 3 is 1.11 bits per heavy atom. The van der Waals surface area contributed by atoms with Crippen LogP contribution in [0.25, 0.3) is 0 Å². The molecule has 502 valence electrons. The summed E-state index contributed by atoms with van der Waals surface area (Å²) in [6.45, 7) is 12.4. The first kappa shape index (κ1) is 85.5. The van der Waals surface area contributed by atoms with Crippen molar-refractivity contribution in [2.45, 2.75) is 234 Å². The Hall–Kier alpha value is -7.72. The number of amides is 2. The molecule has 23 heteroatoms. The number of Topliss-reactive ketones (excluding diaryl/α,β-unsaturated/α-hetero) is 4. The Morgan fingerprint density at radius 1 is 0.416 bits per heavy atom. The smallest absolute Gasteiger partial charge is 0.325 e. The van der Waals surface area contributed by atoms with E-state index in [9.17, 15) is 67.1 Å². The maximum absolute atomic E-state index is 11.6. The van der Waals surface area contributed by atoms with Gasteiger partial charge in [0.25, 0.3) is 0 Å². The Kier molecular flexibility index (Phi) is 50.2. The van der Waals surface area contributed by atoms with Gasteiger partial charge in [-0.2, -0.15) is 0 Å². The molecular formula is C66H102N2O21. The Bertz CT molecular complexity index is 2250. The lowest BCUT2D eigenvalue weighted by Gasteiger charge is -2.20. The number of carboxylic acid groups (broad SMARTS) is 7. The second kappa shape index (κ2) is 52.2. The predicted octanol–water partition coefficient (Wildman–Crippen LogP) is 10.8. The summed E-state index contributed by atoms with van der Waals surface area (Å²) >= 11 is 0. The molecule has 7 unspecified atom stereocenters. The zero-order valence-electron chi connectivity index (χ0n) is 53.5. The van der Waals surface area contributed by atoms with Gasteiger partial charge in [-0.3, -0.25) is 67.1 Å². The lowest BCUT2D eigenvalue weighted by Crippen LogP contribution is -2.38. The van der Waals surface area contributed by atoms with E-state index in [0.717, 1.165) is 89.9 Å². The quantitative estimate of drug-likeness (QED) is 0.0127. The average molecular weight is 1260 g/mol. The Balaban J connectivity index is -0.00000107. The van der Waals surface area contributed by atoms with Gasteiger partial charge in [0, 0.05) is 69.3 Å². The topological polar surface area (TPSA) is 405 Å². The van der Waals surface area contributed by atoms with Crippen molar-refractivity contribution in [1.29, 1.82) is 0 Å². The maximum atomic E-state index is 11.6. The van der Waals surface area contributed by atoms with Crippen LogP contribution in [0.5, 0.6) is 0 Å². The van der Waals surface area contributed by atoms with Crippen LogP contribution in [0.1, 0.15) is 233 Å². The van der Waals surface area contributed by atoms with Crippen LogP contribution in [-0.2, 0) is 62.3 Å². The van der Waals surface area contributed by atoms with E-state index in [4.69, 9.17) is 35.7 Å². The number of hydrogen-bond donors (Lipinski definition) is 9. The zero-order valence-corrected chi connectivity index (χ0v) is 53.5. The van der Waals surface area contributed by atoms with E-state index in [1.165, 1.54) is 54.0 Å². The minimum Gasteiger partial charge on any atom is -0.481 e. The fourth-order valence-corrected chi connectivity index (χ4v) is 8.26. The predicted molar refractivity (Wildman–Crippen MR) is 333 cm³/mol. The van der Waals surface area contributed by atoms with Gasteiger partial charge in [0.2, 0.25) is 11.8 Å². The summed E-state index contributed by atoms with van der Waals surface area (Å²) in [6, 6.07) is 7.00. The standard InChI is InChI=1S/2C17H29NO6.C11H18O3.C11H12O3.C10H14O3/c2*1-12(16(21)22)11-14(19)9-7-5-3-4-6-8-10-15(20)18-13(2)17(23)24;2*1-8(11(13)14)7-10(12)9-5-3-2-4-6-9;1-3-4-5-6-9(11)7-8(2)10(12)13/h2*12-13H,3-11H2,1-2H3,(H,18,20)(H,21,22)(H,23,24);8-9H,2-7H2,1H3,(H,13,14);2-6,8H,7H2,1H3,(H,13,14);3-6,8H,7H2,1-2H3,(H,12,13)/b;;;;4-3+,6-5+. The fourth-order valence-electron chi connectivity index (χ4n) is 8.26. The van der Waals surface area contributed by atoms with Crippen molar-refractivity contribution in [3.05, 3.63) is 60.2 Å². The van der Waals surface area contributed by atoms with Gasteiger partial charge < -0.3 is 46.4 Å². The highest BCUT2D eigenvalue weighted by Gasteiger charge is 2.25. The lowest BCUT2D eigenvalue weighted by atomic mass is 9.83. The van der Waals surface area contributed by atoms with E-state index >= 15 is 0 Å². The van der Waals surface area contributed by atoms with Crippen LogP contribution in [0, 0.1) is 35.5 Å². The summed E-state index contributed by atoms with van der Waals surface area (Å²) in [5.41, 5.74) is 0.570. The van der Waals surface area contributed by atoms with Gasteiger partial charge in [-0.05, 0) is 65.4 Å². The molecule has 2 amide bonds. The van der Waals surface area contributed by atoms with Crippen molar-refractivity contribution in [2.24, 2.45) is 35.5 Å². The summed E-state index contributed by atoms with van der Waals surface area (Å²) < 4.78 is 0. The molecule has 1 aromatic carbocycles. The van der Waals surface area contributed by atoms with E-state index < -0.39 is 83.5 Å². The minimum atomic E-state index is -1.05. The van der Waals surface area contributed by atoms with Crippen LogP contribution >= 0.6 is 0 Å². The molecule has 1 saturated carbocycles. The number of ketones is 5. The van der Waals surface area contributed by atoms with Gasteiger partial charge in [-0.25, -0.2) is 0 Å². The van der Waals surface area contributed by atoms with Gasteiger partial charge in [-0.1, -0.05) is 154 Å². The molecule has 1 fully saturated rings. The molecule has 0 radical (unpaired) electrons. The normalized spacial score (nSPS) is 14.2. The average Bonchev–Trinajstić information content (AvgIpc) is 3.51. The number of rotatable bonds is 41. The molecule has 0 bridgehead atoms. The first-order valence-electron chi connectivity index (χ1n) is 30.9. The second-order valence-electron chi connectivity index (χ2n) is 22.7. The summed E-state index contributed by atoms with van der Waals surface area (Å²) in [6.07, 6.45) is 24.3. The van der Waals surface area contributed by atoms with Crippen LogP contribution < -0.4 is 10.6 Å². The second-order valence-corrected chi connectivity index (χ2v) is 22.7. The minimum absolute atomic E-state index is 0.00544. The molecule has 1 aliphatic rings. The number of allylic oxidation sites excluding steroid dienone is 4. The third kappa shape index (κ3) is 49.9. The van der Waals surface area contributed by atoms with Crippen molar-refractivity contribution in [3.63, 3.8) is 0 Å². The van der Waals surface area contributed by atoms with Crippen molar-refractivity contribution < 1.29 is 103 Å². The Morgan fingerprint density at radius 2 is 0.753 bits per heavy atom. The van der Waals surface area contributed by atoms with E-state index in [1.807, 2.05) is 13.0 Å². The molecule has 1 aliphatic carbocycles. The summed E-state index contributed by atoms with van der Waals surface area (Å²) in [5.74, 6) is -10.2. The molecule has 89 heavy (non-hydrogen) atoms. The molecule has 0 aliphatic heterocycles. The fraction of sp³-hybridized carbons (Fsp3) is 0.636. The Labute approximate surface area is 524 Å². The first-order chi connectivity index (χ1) is 41.8. The number of carbonyl (C=O) groups excluding carboxylic acids is 7. The van der Waals surface area contributed by atoms with Gasteiger partial charge in [-0.15, -0.1) is 0 Å². The van der Waals surface area contributed by atoms with E-state index in [0.29, 0.717) is 44.1 Å². The molecule has 0 saturated heterocycles. The maximum Gasteiger partial charge on any atom is 0.325 e. The van der Waals surface area contributed by atoms with E-state index in [1.54, 1.807) is 49.4 Å². The van der Waals surface area contributed by atoms with Gasteiger partial charge in [0.15, 0.2) is 11.6 Å². The monoisotopic (exact) mass is 1260 g/mol. The van der Waals surface area contributed by atoms with Gasteiger partial charge in [0.1, 0.15) is 29.4 Å². The number of aliphatic carboxylic acids is 7. The van der Waals surface area contributed by atoms with Gasteiger partial charge in [0.05, 0.1) is 29.6 Å². The highest BCUT2D eigenvalue weighted by Crippen LogP contribution is 2.26. The van der Waals surface area contributed by atoms with Crippen molar-refractivity contribution in [1.82, 2.24) is 10.6 Å². The largest absolute Gasteiger partial charge is 0.481 e. The van der Waals surface area contributed by atoms with Crippen LogP contribution in [0.4, 0.5) is 0 Å². The molecule has 0 spiro atoms. The van der Waals surface area contributed by atoms with Gasteiger partial charge >= 0.3 is 41.8 Å². The molecule has 9 N–H and O–H groups in total. The highest BCUT2D eigenvalue weighted by molar-refractivity contribution is 5.98. The third-order valence-corrected chi connectivity index (χ3v) is 14.1. The lowest BCUT2D eigenvalue weighted by molar-refractivity contribution is -0.144. The zero-order chi connectivity index (χ0) is 68.4. The third-order valence-electron chi connectivity index (χ3n) is 14.1. The molecule has 2 rings (SSSR count). The summed E-state index contributed by atoms with van der Waals surface area (Å²) in [5, 5.41) is 65.4. The van der Waals surface area contributed by atoms with Crippen LogP contribution in [0.3, 0.4) is 0 Å². The molecule has 0 heterocycles. The molecule has 7 atom stereocenters. The van der Waals surface area contributed by atoms with Crippen LogP contribution in [-0.4, -0.2) is 130 Å². The van der Waals surface area contributed by atoms with Crippen molar-refractivity contribution >= 4 is 82.5 Å². The molecule has 23 nitrogen and oxygen atoms in total.